The number of benzene rings is 2. The lowest BCUT2D eigenvalue weighted by molar-refractivity contribution is 0.578. The van der Waals surface area contributed by atoms with Gasteiger partial charge < -0.3 is 4.42 Å². The molecule has 0 unspecified atom stereocenters. The molecule has 0 atom stereocenters. The molecule has 0 spiro atoms. The van der Waals surface area contributed by atoms with Crippen LogP contribution in [0.2, 0.25) is 0 Å². The summed E-state index contributed by atoms with van der Waals surface area (Å²) in [6.07, 6.45) is 0. The Labute approximate surface area is 107 Å². The van der Waals surface area contributed by atoms with Crippen LogP contribution in [-0.2, 0) is 0 Å². The van der Waals surface area contributed by atoms with E-state index in [2.05, 4.69) is 56.3 Å². The maximum Gasteiger partial charge on any atom is 0.137 e. The fraction of sp³-hybridized carbons (Fsp3) is 0.176. The molecule has 0 N–H and O–H groups in total. The molecule has 0 amide bonds. The van der Waals surface area contributed by atoms with Crippen molar-refractivity contribution in [2.75, 3.05) is 0 Å². The third-order valence-corrected chi connectivity index (χ3v) is 3.43. The molecular weight excluding hydrogens is 220 g/mol. The summed E-state index contributed by atoms with van der Waals surface area (Å²) in [6, 6.07) is 14.9. The van der Waals surface area contributed by atoms with E-state index < -0.39 is 0 Å². The van der Waals surface area contributed by atoms with Gasteiger partial charge >= 0.3 is 0 Å². The summed E-state index contributed by atoms with van der Waals surface area (Å²) in [5.41, 5.74) is 5.91. The van der Waals surface area contributed by atoms with E-state index in [1.165, 1.54) is 27.6 Å². The Bertz CT molecular complexity index is 702. The lowest BCUT2D eigenvalue weighted by Gasteiger charge is -2.01. The van der Waals surface area contributed by atoms with E-state index in [0.717, 1.165) is 11.3 Å². The van der Waals surface area contributed by atoms with E-state index in [4.69, 9.17) is 4.42 Å². The third-order valence-electron chi connectivity index (χ3n) is 3.43. The molecule has 1 heterocycles. The van der Waals surface area contributed by atoms with Crippen LogP contribution in [-0.4, -0.2) is 0 Å². The minimum absolute atomic E-state index is 0.989. The number of hydrogen-bond acceptors (Lipinski definition) is 1. The van der Waals surface area contributed by atoms with Crippen LogP contribution in [0.3, 0.4) is 0 Å². The predicted octanol–water partition coefficient (Wildman–Crippen LogP) is 5.03. The van der Waals surface area contributed by atoms with Crippen LogP contribution < -0.4 is 0 Å². The Morgan fingerprint density at radius 2 is 1.56 bits per heavy atom. The largest absolute Gasteiger partial charge is 0.460 e. The third kappa shape index (κ3) is 1.63. The van der Waals surface area contributed by atoms with E-state index in [1.807, 2.05) is 6.92 Å². The van der Waals surface area contributed by atoms with Crippen molar-refractivity contribution >= 4 is 11.0 Å². The minimum Gasteiger partial charge on any atom is -0.460 e. The summed E-state index contributed by atoms with van der Waals surface area (Å²) < 4.78 is 5.91. The van der Waals surface area contributed by atoms with Crippen LogP contribution >= 0.6 is 0 Å². The standard InChI is InChI=1S/C17H16O/c1-11-7-9-14(10-8-11)16-13(3)18-17-12(2)5-4-6-15(16)17/h4-10H,1-3H3. The van der Waals surface area contributed by atoms with Crippen LogP contribution in [0.4, 0.5) is 0 Å². The smallest absolute Gasteiger partial charge is 0.137 e. The van der Waals surface area contributed by atoms with Gasteiger partial charge in [-0.15, -0.1) is 0 Å². The van der Waals surface area contributed by atoms with Gasteiger partial charge in [-0.1, -0.05) is 48.0 Å². The number of furan rings is 1. The molecule has 0 radical (unpaired) electrons. The maximum atomic E-state index is 5.91. The van der Waals surface area contributed by atoms with E-state index in [1.54, 1.807) is 0 Å². The molecule has 0 aliphatic heterocycles. The fourth-order valence-electron chi connectivity index (χ4n) is 2.46. The molecule has 3 aromatic rings. The normalized spacial score (nSPS) is 11.1. The molecule has 1 aromatic heterocycles. The molecule has 1 heteroatoms. The molecule has 1 nitrogen and oxygen atoms in total. The molecular formula is C17H16O. The summed E-state index contributed by atoms with van der Waals surface area (Å²) in [5, 5.41) is 1.20. The van der Waals surface area contributed by atoms with Gasteiger partial charge in [-0.3, -0.25) is 0 Å². The van der Waals surface area contributed by atoms with Gasteiger partial charge in [0.05, 0.1) is 0 Å². The van der Waals surface area contributed by atoms with Gasteiger partial charge in [0.2, 0.25) is 0 Å². The van der Waals surface area contributed by atoms with Crippen molar-refractivity contribution in [1.29, 1.82) is 0 Å². The maximum absolute atomic E-state index is 5.91. The molecule has 90 valence electrons. The highest BCUT2D eigenvalue weighted by molar-refractivity contribution is 5.97. The van der Waals surface area contributed by atoms with E-state index >= 15 is 0 Å². The zero-order valence-corrected chi connectivity index (χ0v) is 10.9. The number of para-hydroxylation sites is 1. The van der Waals surface area contributed by atoms with Crippen molar-refractivity contribution in [1.82, 2.24) is 0 Å². The van der Waals surface area contributed by atoms with Gasteiger partial charge in [-0.05, 0) is 31.9 Å². The second-order valence-corrected chi connectivity index (χ2v) is 4.85. The average Bonchev–Trinajstić information content (AvgIpc) is 2.69. The van der Waals surface area contributed by atoms with Gasteiger partial charge in [0.15, 0.2) is 0 Å². The van der Waals surface area contributed by atoms with Gasteiger partial charge in [0.1, 0.15) is 11.3 Å². The summed E-state index contributed by atoms with van der Waals surface area (Å²) >= 11 is 0. The van der Waals surface area contributed by atoms with Crippen molar-refractivity contribution in [2.45, 2.75) is 20.8 Å². The van der Waals surface area contributed by atoms with Crippen LogP contribution in [0.15, 0.2) is 46.9 Å². The fourth-order valence-corrected chi connectivity index (χ4v) is 2.46. The first kappa shape index (κ1) is 11.1. The monoisotopic (exact) mass is 236 g/mol. The highest BCUT2D eigenvalue weighted by Crippen LogP contribution is 2.35. The lowest BCUT2D eigenvalue weighted by Crippen LogP contribution is -1.80. The Morgan fingerprint density at radius 1 is 0.833 bits per heavy atom. The van der Waals surface area contributed by atoms with Gasteiger partial charge in [-0.25, -0.2) is 0 Å². The van der Waals surface area contributed by atoms with Crippen molar-refractivity contribution in [2.24, 2.45) is 0 Å². The first-order chi connectivity index (χ1) is 8.66. The van der Waals surface area contributed by atoms with Crippen LogP contribution in [0.25, 0.3) is 22.1 Å². The molecule has 0 saturated carbocycles. The lowest BCUT2D eigenvalue weighted by atomic mass is 10.0. The molecule has 18 heavy (non-hydrogen) atoms. The Balaban J connectivity index is 2.32. The first-order valence-electron chi connectivity index (χ1n) is 6.22. The minimum atomic E-state index is 0.989. The van der Waals surface area contributed by atoms with Crippen molar-refractivity contribution in [3.8, 4) is 11.1 Å². The summed E-state index contributed by atoms with van der Waals surface area (Å²) in [4.78, 5) is 0. The Kier molecular flexibility index (Phi) is 2.48. The zero-order chi connectivity index (χ0) is 12.7. The summed E-state index contributed by atoms with van der Waals surface area (Å²) in [7, 11) is 0. The Hall–Kier alpha value is -2.02. The highest BCUT2D eigenvalue weighted by atomic mass is 16.3. The molecule has 0 saturated heterocycles. The van der Waals surface area contributed by atoms with Crippen LogP contribution in [0.5, 0.6) is 0 Å². The highest BCUT2D eigenvalue weighted by Gasteiger charge is 2.13. The SMILES string of the molecule is Cc1ccc(-c2c(C)oc3c(C)cccc23)cc1. The topological polar surface area (TPSA) is 13.1 Å². The summed E-state index contributed by atoms with van der Waals surface area (Å²) in [5.74, 6) is 0.989. The average molecular weight is 236 g/mol. The Morgan fingerprint density at radius 3 is 2.28 bits per heavy atom. The number of aryl methyl sites for hydroxylation is 3. The molecule has 0 aliphatic carbocycles. The molecule has 3 rings (SSSR count). The van der Waals surface area contributed by atoms with Gasteiger partial charge in [0.25, 0.3) is 0 Å². The van der Waals surface area contributed by atoms with Crippen molar-refractivity contribution < 1.29 is 4.42 Å². The zero-order valence-electron chi connectivity index (χ0n) is 10.9. The molecule has 0 bridgehead atoms. The first-order valence-corrected chi connectivity index (χ1v) is 6.22. The van der Waals surface area contributed by atoms with Crippen LogP contribution in [0, 0.1) is 20.8 Å². The van der Waals surface area contributed by atoms with Gasteiger partial charge in [-0.2, -0.15) is 0 Å². The van der Waals surface area contributed by atoms with E-state index in [0.29, 0.717) is 0 Å². The second-order valence-electron chi connectivity index (χ2n) is 4.85. The van der Waals surface area contributed by atoms with Crippen molar-refractivity contribution in [3.05, 3.63) is 59.4 Å². The second kappa shape index (κ2) is 4.02. The quantitative estimate of drug-likeness (QED) is 0.578. The van der Waals surface area contributed by atoms with Gasteiger partial charge in [0, 0.05) is 10.9 Å². The van der Waals surface area contributed by atoms with Crippen LogP contribution in [0.1, 0.15) is 16.9 Å². The number of hydrogen-bond donors (Lipinski definition) is 0. The molecule has 2 aromatic carbocycles. The predicted molar refractivity (Wildman–Crippen MR) is 75.9 cm³/mol. The molecule has 0 aliphatic rings. The number of fused-ring (bicyclic) bond motifs is 1. The summed E-state index contributed by atoms with van der Waals surface area (Å²) in [6.45, 7) is 6.23. The number of rotatable bonds is 1. The van der Waals surface area contributed by atoms with E-state index in [9.17, 15) is 0 Å². The van der Waals surface area contributed by atoms with E-state index in [-0.39, 0.29) is 0 Å². The van der Waals surface area contributed by atoms with Crippen molar-refractivity contribution in [3.63, 3.8) is 0 Å². The molecule has 0 fully saturated rings.